The molecule has 1 aliphatic rings. The number of halogens is 1. The number of anilines is 1. The number of methoxy groups -OCH3 is 1. The lowest BCUT2D eigenvalue weighted by molar-refractivity contribution is -0.120. The van der Waals surface area contributed by atoms with Crippen LogP contribution in [0.2, 0.25) is 0 Å². The second-order valence-corrected chi connectivity index (χ2v) is 10.0. The number of piperidine rings is 1. The van der Waals surface area contributed by atoms with Gasteiger partial charge in [0.25, 0.3) is 0 Å². The van der Waals surface area contributed by atoms with Gasteiger partial charge in [0.15, 0.2) is 0 Å². The summed E-state index contributed by atoms with van der Waals surface area (Å²) in [4.78, 5) is 12.9. The molecule has 1 amide bonds. The average molecular weight is 514 g/mol. The van der Waals surface area contributed by atoms with Crippen molar-refractivity contribution in [3.63, 3.8) is 0 Å². The molecule has 2 aromatic carbocycles. The number of sulfonamides is 1. The monoisotopic (exact) mass is 514 g/mol. The van der Waals surface area contributed by atoms with Crippen molar-refractivity contribution in [2.75, 3.05) is 25.5 Å². The number of benzene rings is 2. The van der Waals surface area contributed by atoms with Crippen molar-refractivity contribution in [1.82, 2.24) is 4.31 Å². The molecule has 1 aliphatic heterocycles. The van der Waals surface area contributed by atoms with Crippen LogP contribution in [0.15, 0.2) is 47.4 Å². The zero-order chi connectivity index (χ0) is 20.3. The molecule has 1 fully saturated rings. The summed E-state index contributed by atoms with van der Waals surface area (Å²) in [5, 5.41) is 2.89. The molecule has 8 heteroatoms. The van der Waals surface area contributed by atoms with Crippen LogP contribution in [0, 0.1) is 16.4 Å². The van der Waals surface area contributed by atoms with E-state index in [-0.39, 0.29) is 23.3 Å². The van der Waals surface area contributed by atoms with Crippen molar-refractivity contribution in [2.24, 2.45) is 5.92 Å². The minimum absolute atomic E-state index is 0.146. The normalized spacial score (nSPS) is 17.9. The molecule has 1 heterocycles. The highest BCUT2D eigenvalue weighted by Crippen LogP contribution is 2.27. The van der Waals surface area contributed by atoms with Gasteiger partial charge in [-0.25, -0.2) is 8.42 Å². The maximum atomic E-state index is 13.1. The lowest BCUT2D eigenvalue weighted by Crippen LogP contribution is -2.43. The molecule has 1 atom stereocenters. The topological polar surface area (TPSA) is 75.7 Å². The van der Waals surface area contributed by atoms with Crippen LogP contribution in [0.25, 0.3) is 0 Å². The molecule has 0 aromatic heterocycles. The van der Waals surface area contributed by atoms with E-state index in [1.807, 2.05) is 31.2 Å². The molecule has 6 nitrogen and oxygen atoms in total. The molecule has 0 unspecified atom stereocenters. The Kier molecular flexibility index (Phi) is 6.61. The number of rotatable bonds is 5. The molecule has 1 N–H and O–H groups in total. The van der Waals surface area contributed by atoms with Crippen molar-refractivity contribution in [2.45, 2.75) is 24.7 Å². The zero-order valence-corrected chi connectivity index (χ0v) is 18.8. The fourth-order valence-electron chi connectivity index (χ4n) is 3.31. The minimum atomic E-state index is -3.66. The molecule has 0 bridgehead atoms. The number of carbonyl (C=O) groups excluding carboxylic acids is 1. The fourth-order valence-corrected chi connectivity index (χ4v) is 5.28. The third-order valence-corrected chi connectivity index (χ3v) is 7.45. The van der Waals surface area contributed by atoms with Crippen LogP contribution < -0.4 is 10.1 Å². The standard InChI is InChI=1S/C20H23IN2O4S/c1-14-12-18(9-10-19(14)27-2)28(25,26)23-11-3-4-15(13-23)20(24)22-17-7-5-16(21)6-8-17/h5-10,12,15H,3-4,11,13H2,1-2H3,(H,22,24)/t15-/m0/s1. The third kappa shape index (κ3) is 4.66. The Hall–Kier alpha value is -1.65. The van der Waals surface area contributed by atoms with Crippen molar-refractivity contribution in [3.05, 3.63) is 51.6 Å². The summed E-state index contributed by atoms with van der Waals surface area (Å²) in [5.74, 6) is 0.126. The van der Waals surface area contributed by atoms with E-state index in [4.69, 9.17) is 4.74 Å². The van der Waals surface area contributed by atoms with Gasteiger partial charge in [-0.3, -0.25) is 4.79 Å². The van der Waals surface area contributed by atoms with Gasteiger partial charge in [0.1, 0.15) is 5.75 Å². The second kappa shape index (κ2) is 8.79. The summed E-state index contributed by atoms with van der Waals surface area (Å²) in [5.41, 5.74) is 1.48. The van der Waals surface area contributed by atoms with Crippen LogP contribution in [0.5, 0.6) is 5.75 Å². The summed E-state index contributed by atoms with van der Waals surface area (Å²) in [6.07, 6.45) is 1.32. The molecule has 2 aromatic rings. The largest absolute Gasteiger partial charge is 0.496 e. The number of hydrogen-bond acceptors (Lipinski definition) is 4. The van der Waals surface area contributed by atoms with Gasteiger partial charge in [-0.05, 0) is 90.4 Å². The predicted molar refractivity (Wildman–Crippen MR) is 117 cm³/mol. The summed E-state index contributed by atoms with van der Waals surface area (Å²) < 4.78 is 33.8. The Bertz CT molecular complexity index is 961. The van der Waals surface area contributed by atoms with E-state index >= 15 is 0 Å². The maximum Gasteiger partial charge on any atom is 0.243 e. The highest BCUT2D eigenvalue weighted by molar-refractivity contribution is 14.1. The lowest BCUT2D eigenvalue weighted by atomic mass is 9.99. The quantitative estimate of drug-likeness (QED) is 0.619. The minimum Gasteiger partial charge on any atom is -0.496 e. The van der Waals surface area contributed by atoms with Gasteiger partial charge in [0.05, 0.1) is 17.9 Å². The summed E-state index contributed by atoms with van der Waals surface area (Å²) in [6, 6.07) is 12.3. The van der Waals surface area contributed by atoms with Crippen molar-refractivity contribution in [3.8, 4) is 5.75 Å². The van der Waals surface area contributed by atoms with Crippen molar-refractivity contribution in [1.29, 1.82) is 0 Å². The highest BCUT2D eigenvalue weighted by Gasteiger charge is 2.33. The molecule has 0 saturated carbocycles. The van der Waals surface area contributed by atoms with Gasteiger partial charge in [-0.2, -0.15) is 4.31 Å². The van der Waals surface area contributed by atoms with Gasteiger partial charge in [0, 0.05) is 22.3 Å². The number of nitrogens with zero attached hydrogens (tertiary/aromatic N) is 1. The molecule has 150 valence electrons. The number of nitrogens with one attached hydrogen (secondary N) is 1. The third-order valence-electron chi connectivity index (χ3n) is 4.87. The summed E-state index contributed by atoms with van der Waals surface area (Å²) >= 11 is 2.20. The van der Waals surface area contributed by atoms with Gasteiger partial charge in [-0.15, -0.1) is 0 Å². The number of amides is 1. The first kappa shape index (κ1) is 21.1. The Labute approximate surface area is 179 Å². The first-order chi connectivity index (χ1) is 13.3. The molecule has 1 saturated heterocycles. The number of carbonyl (C=O) groups is 1. The summed E-state index contributed by atoms with van der Waals surface area (Å²) in [7, 11) is -2.10. The molecule has 0 aliphatic carbocycles. The highest BCUT2D eigenvalue weighted by atomic mass is 127. The second-order valence-electron chi connectivity index (χ2n) is 6.83. The first-order valence-corrected chi connectivity index (χ1v) is 11.5. The average Bonchev–Trinajstić information content (AvgIpc) is 2.69. The zero-order valence-electron chi connectivity index (χ0n) is 15.8. The maximum absolute atomic E-state index is 13.1. The van der Waals surface area contributed by atoms with Crippen LogP contribution in [-0.4, -0.2) is 38.8 Å². The molecular formula is C20H23IN2O4S. The number of aryl methyl sites for hydroxylation is 1. The van der Waals surface area contributed by atoms with E-state index in [1.165, 1.54) is 4.31 Å². The van der Waals surface area contributed by atoms with Crippen LogP contribution in [0.1, 0.15) is 18.4 Å². The van der Waals surface area contributed by atoms with E-state index in [1.54, 1.807) is 25.3 Å². The van der Waals surface area contributed by atoms with Crippen molar-refractivity contribution < 1.29 is 17.9 Å². The molecule has 28 heavy (non-hydrogen) atoms. The van der Waals surface area contributed by atoms with Gasteiger partial charge in [-0.1, -0.05) is 0 Å². The Morgan fingerprint density at radius 2 is 1.93 bits per heavy atom. The number of hydrogen-bond donors (Lipinski definition) is 1. The van der Waals surface area contributed by atoms with Gasteiger partial charge >= 0.3 is 0 Å². The smallest absolute Gasteiger partial charge is 0.243 e. The van der Waals surface area contributed by atoms with Gasteiger partial charge < -0.3 is 10.1 Å². The molecule has 0 radical (unpaired) electrons. The van der Waals surface area contributed by atoms with E-state index in [0.717, 1.165) is 14.8 Å². The molecule has 3 rings (SSSR count). The van der Waals surface area contributed by atoms with E-state index in [9.17, 15) is 13.2 Å². The number of ether oxygens (including phenoxy) is 1. The Morgan fingerprint density at radius 1 is 1.21 bits per heavy atom. The van der Waals surface area contributed by atoms with E-state index in [0.29, 0.717) is 25.1 Å². The van der Waals surface area contributed by atoms with Gasteiger partial charge in [0.2, 0.25) is 15.9 Å². The fraction of sp³-hybridized carbons (Fsp3) is 0.350. The SMILES string of the molecule is COc1ccc(S(=O)(=O)N2CCC[C@H](C(=O)Nc3ccc(I)cc3)C2)cc1C. The van der Waals surface area contributed by atoms with Crippen LogP contribution >= 0.6 is 22.6 Å². The van der Waals surface area contributed by atoms with Crippen LogP contribution in [0.4, 0.5) is 5.69 Å². The van der Waals surface area contributed by atoms with Crippen molar-refractivity contribution >= 4 is 44.2 Å². The van der Waals surface area contributed by atoms with E-state index in [2.05, 4.69) is 27.9 Å². The predicted octanol–water partition coefficient (Wildman–Crippen LogP) is 3.65. The summed E-state index contributed by atoms with van der Waals surface area (Å²) in [6.45, 7) is 2.41. The van der Waals surface area contributed by atoms with E-state index < -0.39 is 10.0 Å². The molecular weight excluding hydrogens is 491 g/mol. The lowest BCUT2D eigenvalue weighted by Gasteiger charge is -2.31. The first-order valence-electron chi connectivity index (χ1n) is 9.02. The van der Waals surface area contributed by atoms with Crippen LogP contribution in [-0.2, 0) is 14.8 Å². The molecule has 0 spiro atoms. The Morgan fingerprint density at radius 3 is 2.57 bits per heavy atom. The van der Waals surface area contributed by atoms with Crippen LogP contribution in [0.3, 0.4) is 0 Å². The Balaban J connectivity index is 1.73.